The Bertz CT molecular complexity index is 438. The predicted octanol–water partition coefficient (Wildman–Crippen LogP) is 3.13. The Morgan fingerprint density at radius 2 is 2.47 bits per heavy atom. The molecule has 2 aromatic heterocycles. The summed E-state index contributed by atoms with van der Waals surface area (Å²) in [7, 11) is 0. The van der Waals surface area contributed by atoms with Gasteiger partial charge in [-0.1, -0.05) is 6.92 Å². The molecule has 0 aliphatic carbocycles. The van der Waals surface area contributed by atoms with E-state index in [1.165, 1.54) is 9.35 Å². The molecule has 0 saturated heterocycles. The largest absolute Gasteiger partial charge is 0.337 e. The van der Waals surface area contributed by atoms with Gasteiger partial charge < -0.3 is 9.88 Å². The lowest BCUT2D eigenvalue weighted by molar-refractivity contribution is 0.445. The number of rotatable bonds is 6. The van der Waals surface area contributed by atoms with Gasteiger partial charge in [0.2, 0.25) is 0 Å². The first-order chi connectivity index (χ1) is 8.25. The fourth-order valence-electron chi connectivity index (χ4n) is 1.70. The van der Waals surface area contributed by atoms with Crippen molar-refractivity contribution < 1.29 is 0 Å². The van der Waals surface area contributed by atoms with Crippen LogP contribution in [0.15, 0.2) is 34.6 Å². The van der Waals surface area contributed by atoms with Crippen LogP contribution in [0.25, 0.3) is 0 Å². The highest BCUT2D eigenvalue weighted by Crippen LogP contribution is 2.22. The molecule has 0 aromatic carbocycles. The molecule has 0 aliphatic heterocycles. The van der Waals surface area contributed by atoms with Gasteiger partial charge in [0.15, 0.2) is 0 Å². The van der Waals surface area contributed by atoms with Gasteiger partial charge in [-0.15, -0.1) is 11.3 Å². The van der Waals surface area contributed by atoms with Crippen LogP contribution in [0.3, 0.4) is 0 Å². The lowest BCUT2D eigenvalue weighted by Gasteiger charge is -2.12. The fraction of sp³-hybridized carbons (Fsp3) is 0.417. The first-order valence-electron chi connectivity index (χ1n) is 5.64. The monoisotopic (exact) mass is 313 g/mol. The lowest BCUT2D eigenvalue weighted by Crippen LogP contribution is -2.23. The van der Waals surface area contributed by atoms with Crippen molar-refractivity contribution in [2.45, 2.75) is 20.0 Å². The number of aromatic nitrogens is 2. The smallest absolute Gasteiger partial charge is 0.0946 e. The summed E-state index contributed by atoms with van der Waals surface area (Å²) in [5, 5.41) is 5.59. The quantitative estimate of drug-likeness (QED) is 0.888. The molecule has 0 radical (unpaired) electrons. The van der Waals surface area contributed by atoms with E-state index in [1.54, 1.807) is 11.3 Å². The molecule has 92 valence electrons. The maximum atomic E-state index is 4.05. The van der Waals surface area contributed by atoms with Crippen molar-refractivity contribution in [3.8, 4) is 0 Å². The summed E-state index contributed by atoms with van der Waals surface area (Å²) in [6.07, 6.45) is 5.70. The molecule has 2 heterocycles. The maximum Gasteiger partial charge on any atom is 0.0946 e. The number of imidazole rings is 1. The molecule has 0 saturated carbocycles. The van der Waals surface area contributed by atoms with Crippen molar-refractivity contribution in [1.29, 1.82) is 0 Å². The summed E-state index contributed by atoms with van der Waals surface area (Å²) in [6.45, 7) is 5.21. The summed E-state index contributed by atoms with van der Waals surface area (Å²) < 4.78 is 3.32. The van der Waals surface area contributed by atoms with Crippen LogP contribution in [0.1, 0.15) is 11.8 Å². The molecule has 3 nitrogen and oxygen atoms in total. The molecular formula is C12H16BrN3S. The van der Waals surface area contributed by atoms with Crippen LogP contribution in [0.2, 0.25) is 0 Å². The normalized spacial score (nSPS) is 12.8. The highest BCUT2D eigenvalue weighted by Gasteiger charge is 2.04. The topological polar surface area (TPSA) is 29.9 Å². The molecule has 17 heavy (non-hydrogen) atoms. The number of nitrogens with zero attached hydrogens (tertiary/aromatic N) is 2. The van der Waals surface area contributed by atoms with Gasteiger partial charge in [-0.25, -0.2) is 4.98 Å². The Balaban J connectivity index is 1.70. The first-order valence-corrected chi connectivity index (χ1v) is 7.31. The number of hydrogen-bond donors (Lipinski definition) is 1. The van der Waals surface area contributed by atoms with E-state index in [0.29, 0.717) is 5.92 Å². The minimum atomic E-state index is 0.600. The van der Waals surface area contributed by atoms with Gasteiger partial charge in [-0.05, 0) is 39.8 Å². The number of hydrogen-bond acceptors (Lipinski definition) is 3. The third-order valence-electron chi connectivity index (χ3n) is 2.55. The molecule has 0 aliphatic rings. The van der Waals surface area contributed by atoms with Crippen LogP contribution in [0, 0.1) is 5.92 Å². The highest BCUT2D eigenvalue weighted by atomic mass is 79.9. The molecule has 0 amide bonds. The van der Waals surface area contributed by atoms with E-state index in [4.69, 9.17) is 0 Å². The maximum absolute atomic E-state index is 4.05. The van der Waals surface area contributed by atoms with Gasteiger partial charge in [0, 0.05) is 34.8 Å². The van der Waals surface area contributed by atoms with Crippen molar-refractivity contribution in [2.75, 3.05) is 6.54 Å². The van der Waals surface area contributed by atoms with Gasteiger partial charge in [-0.3, -0.25) is 0 Å². The van der Waals surface area contributed by atoms with Crippen LogP contribution in [-0.2, 0) is 13.1 Å². The Labute approximate surface area is 114 Å². The summed E-state index contributed by atoms with van der Waals surface area (Å²) >= 11 is 5.32. The average Bonchev–Trinajstić information content (AvgIpc) is 2.91. The summed E-state index contributed by atoms with van der Waals surface area (Å²) in [6, 6.07) is 2.09. The SMILES string of the molecule is C[C@@H](CNCc1sccc1Br)Cn1ccnc1. The molecule has 5 heteroatoms. The Kier molecular flexibility index (Phi) is 4.76. The van der Waals surface area contributed by atoms with E-state index in [-0.39, 0.29) is 0 Å². The fourth-order valence-corrected chi connectivity index (χ4v) is 3.16. The lowest BCUT2D eigenvalue weighted by atomic mass is 10.2. The van der Waals surface area contributed by atoms with Crippen LogP contribution in [0.5, 0.6) is 0 Å². The predicted molar refractivity (Wildman–Crippen MR) is 75.1 cm³/mol. The standard InChI is InChI=1S/C12H16BrN3S/c1-10(8-16-4-3-14-9-16)6-15-7-12-11(13)2-5-17-12/h2-5,9-10,15H,6-8H2,1H3/t10-/m0/s1. The van der Waals surface area contributed by atoms with Crippen LogP contribution < -0.4 is 5.32 Å². The molecule has 0 spiro atoms. The zero-order chi connectivity index (χ0) is 12.1. The van der Waals surface area contributed by atoms with Crippen molar-refractivity contribution in [3.63, 3.8) is 0 Å². The van der Waals surface area contributed by atoms with E-state index >= 15 is 0 Å². The molecular weight excluding hydrogens is 298 g/mol. The summed E-state index contributed by atoms with van der Waals surface area (Å²) in [4.78, 5) is 5.41. The first kappa shape index (κ1) is 12.8. The van der Waals surface area contributed by atoms with Crippen molar-refractivity contribution in [3.05, 3.63) is 39.5 Å². The molecule has 1 atom stereocenters. The zero-order valence-electron chi connectivity index (χ0n) is 9.77. The van der Waals surface area contributed by atoms with Gasteiger partial charge in [0.05, 0.1) is 6.33 Å². The molecule has 0 bridgehead atoms. The van der Waals surface area contributed by atoms with Crippen molar-refractivity contribution in [1.82, 2.24) is 14.9 Å². The van der Waals surface area contributed by atoms with Crippen LogP contribution in [-0.4, -0.2) is 16.1 Å². The van der Waals surface area contributed by atoms with Gasteiger partial charge in [-0.2, -0.15) is 0 Å². The van der Waals surface area contributed by atoms with Gasteiger partial charge in [0.25, 0.3) is 0 Å². The molecule has 1 N–H and O–H groups in total. The second-order valence-electron chi connectivity index (χ2n) is 4.19. The van der Waals surface area contributed by atoms with Gasteiger partial charge >= 0.3 is 0 Å². The molecule has 2 rings (SSSR count). The Hall–Kier alpha value is -0.650. The minimum Gasteiger partial charge on any atom is -0.337 e. The number of nitrogens with one attached hydrogen (secondary N) is 1. The van der Waals surface area contributed by atoms with E-state index in [2.05, 4.69) is 49.2 Å². The van der Waals surface area contributed by atoms with Crippen LogP contribution >= 0.6 is 27.3 Å². The highest BCUT2D eigenvalue weighted by molar-refractivity contribution is 9.10. The molecule has 2 aromatic rings. The van der Waals surface area contributed by atoms with Crippen LogP contribution in [0.4, 0.5) is 0 Å². The second kappa shape index (κ2) is 6.33. The van der Waals surface area contributed by atoms with Gasteiger partial charge in [0.1, 0.15) is 0 Å². The van der Waals surface area contributed by atoms with E-state index in [0.717, 1.165) is 19.6 Å². The zero-order valence-corrected chi connectivity index (χ0v) is 12.2. The van der Waals surface area contributed by atoms with E-state index in [1.807, 2.05) is 18.7 Å². The Morgan fingerprint density at radius 1 is 1.59 bits per heavy atom. The Morgan fingerprint density at radius 3 is 3.12 bits per heavy atom. The molecule has 0 unspecified atom stereocenters. The third kappa shape index (κ3) is 3.94. The van der Waals surface area contributed by atoms with Crippen molar-refractivity contribution in [2.24, 2.45) is 5.92 Å². The van der Waals surface area contributed by atoms with E-state index < -0.39 is 0 Å². The number of thiophene rings is 1. The third-order valence-corrected chi connectivity index (χ3v) is 4.48. The van der Waals surface area contributed by atoms with E-state index in [9.17, 15) is 0 Å². The van der Waals surface area contributed by atoms with Crippen molar-refractivity contribution >= 4 is 27.3 Å². The summed E-state index contributed by atoms with van der Waals surface area (Å²) in [5.41, 5.74) is 0. The minimum absolute atomic E-state index is 0.600. The second-order valence-corrected chi connectivity index (χ2v) is 6.04. The summed E-state index contributed by atoms with van der Waals surface area (Å²) in [5.74, 6) is 0.600. The number of halogens is 1. The average molecular weight is 314 g/mol. The molecule has 0 fully saturated rings.